The van der Waals surface area contributed by atoms with Crippen LogP contribution >= 0.6 is 0 Å². The van der Waals surface area contributed by atoms with Crippen LogP contribution in [0, 0.1) is 5.82 Å². The van der Waals surface area contributed by atoms with Gasteiger partial charge in [-0.2, -0.15) is 0 Å². The van der Waals surface area contributed by atoms with E-state index in [9.17, 15) is 18.0 Å². The number of carbonyl (C=O) groups is 1. The maximum Gasteiger partial charge on any atom is 0.264 e. The molecule has 0 aliphatic carbocycles. The highest BCUT2D eigenvalue weighted by Gasteiger charge is 2.18. The summed E-state index contributed by atoms with van der Waals surface area (Å²) in [6.07, 6.45) is -2.08. The second kappa shape index (κ2) is 8.55. The van der Waals surface area contributed by atoms with E-state index in [1.54, 1.807) is 12.1 Å². The number of hydrogen-bond acceptors (Lipinski definition) is 2. The van der Waals surface area contributed by atoms with E-state index in [1.807, 2.05) is 6.92 Å². The Morgan fingerprint density at radius 1 is 1.24 bits per heavy atom. The van der Waals surface area contributed by atoms with Crippen molar-refractivity contribution in [3.63, 3.8) is 0 Å². The smallest absolute Gasteiger partial charge is 0.264 e. The Labute approximate surface area is 144 Å². The Morgan fingerprint density at radius 2 is 2.00 bits per heavy atom. The molecule has 0 fully saturated rings. The molecule has 0 spiro atoms. The molecular formula is C19H20F3NO2. The molecule has 0 saturated carbocycles. The highest BCUT2D eigenvalue weighted by molar-refractivity contribution is 5.78. The van der Waals surface area contributed by atoms with Crippen LogP contribution in [0.4, 0.5) is 13.2 Å². The zero-order valence-corrected chi connectivity index (χ0v) is 14.1. The lowest BCUT2D eigenvalue weighted by molar-refractivity contribution is -0.119. The molecule has 134 valence electrons. The molecule has 0 atom stereocenters. The summed E-state index contributed by atoms with van der Waals surface area (Å²) in [4.78, 5) is 11.6. The van der Waals surface area contributed by atoms with Gasteiger partial charge in [-0.1, -0.05) is 31.2 Å². The van der Waals surface area contributed by atoms with Crippen LogP contribution < -0.4 is 10.1 Å². The molecule has 0 aromatic heterocycles. The number of benzene rings is 2. The maximum absolute atomic E-state index is 14.0. The first-order valence-corrected chi connectivity index (χ1v) is 7.96. The van der Waals surface area contributed by atoms with E-state index in [0.717, 1.165) is 5.56 Å². The number of amides is 1. The first-order chi connectivity index (χ1) is 12.0. The van der Waals surface area contributed by atoms with Gasteiger partial charge in [0.1, 0.15) is 6.61 Å². The fraction of sp³-hybridized carbons (Fsp3) is 0.316. The summed E-state index contributed by atoms with van der Waals surface area (Å²) in [7, 11) is 1.47. The summed E-state index contributed by atoms with van der Waals surface area (Å²) in [5.41, 5.74) is 1.24. The summed E-state index contributed by atoms with van der Waals surface area (Å²) in [6, 6.07) is 8.92. The van der Waals surface area contributed by atoms with Gasteiger partial charge in [0, 0.05) is 18.2 Å². The second-order valence-corrected chi connectivity index (χ2v) is 5.54. The van der Waals surface area contributed by atoms with Crippen molar-refractivity contribution in [1.29, 1.82) is 0 Å². The van der Waals surface area contributed by atoms with Crippen LogP contribution in [0.2, 0.25) is 0 Å². The third-order valence-electron chi connectivity index (χ3n) is 3.95. The molecule has 1 N–H and O–H groups in total. The lowest BCUT2D eigenvalue weighted by atomic mass is 9.99. The van der Waals surface area contributed by atoms with Gasteiger partial charge in [-0.15, -0.1) is 0 Å². The molecule has 2 rings (SSSR count). The van der Waals surface area contributed by atoms with Gasteiger partial charge in [-0.25, -0.2) is 13.2 Å². The van der Waals surface area contributed by atoms with Crippen LogP contribution in [0.25, 0.3) is 0 Å². The van der Waals surface area contributed by atoms with E-state index in [4.69, 9.17) is 4.74 Å². The van der Waals surface area contributed by atoms with E-state index >= 15 is 0 Å². The van der Waals surface area contributed by atoms with Gasteiger partial charge in [-0.05, 0) is 29.7 Å². The van der Waals surface area contributed by atoms with Crippen molar-refractivity contribution in [3.05, 3.63) is 64.5 Å². The fourth-order valence-corrected chi connectivity index (χ4v) is 2.49. The van der Waals surface area contributed by atoms with E-state index < -0.39 is 12.2 Å². The first kappa shape index (κ1) is 18.8. The number of hydrogen-bond donors (Lipinski definition) is 1. The van der Waals surface area contributed by atoms with E-state index in [1.165, 1.54) is 31.3 Å². The third-order valence-corrected chi connectivity index (χ3v) is 3.95. The number of ether oxygens (including phenoxy) is 1. The van der Waals surface area contributed by atoms with E-state index in [-0.39, 0.29) is 35.8 Å². The number of rotatable bonds is 7. The van der Waals surface area contributed by atoms with Crippen LogP contribution in [0.3, 0.4) is 0 Å². The summed E-state index contributed by atoms with van der Waals surface area (Å²) in [5.74, 6) is -0.847. The predicted octanol–water partition coefficient (Wildman–Crippen LogP) is 4.19. The Morgan fingerprint density at radius 3 is 2.60 bits per heavy atom. The molecule has 1 amide bonds. The van der Waals surface area contributed by atoms with Gasteiger partial charge in [0.2, 0.25) is 5.91 Å². The van der Waals surface area contributed by atoms with Crippen molar-refractivity contribution in [2.24, 2.45) is 0 Å². The summed E-state index contributed by atoms with van der Waals surface area (Å²) in [6.45, 7) is 1.66. The van der Waals surface area contributed by atoms with Gasteiger partial charge in [0.05, 0.1) is 6.42 Å². The van der Waals surface area contributed by atoms with E-state index in [0.29, 0.717) is 12.0 Å². The minimum Gasteiger partial charge on any atom is -0.486 e. The molecule has 0 aliphatic heterocycles. The summed E-state index contributed by atoms with van der Waals surface area (Å²) in [5, 5.41) is 2.46. The topological polar surface area (TPSA) is 38.3 Å². The third kappa shape index (κ3) is 4.75. The van der Waals surface area contributed by atoms with Gasteiger partial charge in [0.25, 0.3) is 6.43 Å². The van der Waals surface area contributed by atoms with Crippen molar-refractivity contribution in [2.75, 3.05) is 7.05 Å². The van der Waals surface area contributed by atoms with E-state index in [2.05, 4.69) is 5.32 Å². The predicted molar refractivity (Wildman–Crippen MR) is 89.3 cm³/mol. The van der Waals surface area contributed by atoms with Crippen molar-refractivity contribution in [1.82, 2.24) is 5.32 Å². The highest BCUT2D eigenvalue weighted by atomic mass is 19.3. The molecule has 0 unspecified atom stereocenters. The molecule has 25 heavy (non-hydrogen) atoms. The van der Waals surface area contributed by atoms with Crippen molar-refractivity contribution < 1.29 is 22.7 Å². The number of alkyl halides is 2. The van der Waals surface area contributed by atoms with Gasteiger partial charge >= 0.3 is 0 Å². The molecule has 0 bridgehead atoms. The number of nitrogens with one attached hydrogen (secondary N) is 1. The molecule has 6 heteroatoms. The van der Waals surface area contributed by atoms with Crippen LogP contribution in [-0.4, -0.2) is 13.0 Å². The molecule has 0 heterocycles. The Balaban J connectivity index is 2.29. The van der Waals surface area contributed by atoms with Crippen molar-refractivity contribution in [3.8, 4) is 5.75 Å². The number of halogens is 3. The molecule has 0 aliphatic rings. The molecular weight excluding hydrogens is 331 g/mol. The zero-order valence-electron chi connectivity index (χ0n) is 14.1. The minimum atomic E-state index is -2.71. The molecule has 2 aromatic carbocycles. The van der Waals surface area contributed by atoms with Crippen molar-refractivity contribution in [2.45, 2.75) is 32.8 Å². The fourth-order valence-electron chi connectivity index (χ4n) is 2.49. The number of likely N-dealkylation sites (N-methyl/N-ethyl adjacent to an activating group) is 1. The average Bonchev–Trinajstić information content (AvgIpc) is 2.60. The van der Waals surface area contributed by atoms with Crippen LogP contribution in [0.1, 0.15) is 35.6 Å². The van der Waals surface area contributed by atoms with Crippen molar-refractivity contribution >= 4 is 5.91 Å². The van der Waals surface area contributed by atoms with Crippen LogP contribution in [-0.2, 0) is 24.2 Å². The van der Waals surface area contributed by atoms with Gasteiger partial charge in [-0.3, -0.25) is 4.79 Å². The zero-order chi connectivity index (χ0) is 18.4. The SMILES string of the molecule is CCc1ccc(OCc2c(CC(=O)NC)cccc2C(F)F)c(F)c1. The Bertz CT molecular complexity index is 747. The van der Waals surface area contributed by atoms with Gasteiger partial charge in [0.15, 0.2) is 11.6 Å². The Hall–Kier alpha value is -2.50. The highest BCUT2D eigenvalue weighted by Crippen LogP contribution is 2.28. The lowest BCUT2D eigenvalue weighted by Gasteiger charge is -2.16. The molecule has 3 nitrogen and oxygen atoms in total. The lowest BCUT2D eigenvalue weighted by Crippen LogP contribution is -2.21. The maximum atomic E-state index is 14.0. The molecule has 2 aromatic rings. The molecule has 0 saturated heterocycles. The van der Waals surface area contributed by atoms with Crippen LogP contribution in [0.5, 0.6) is 5.75 Å². The second-order valence-electron chi connectivity index (χ2n) is 5.54. The summed E-state index contributed by atoms with van der Waals surface area (Å²) >= 11 is 0. The monoisotopic (exact) mass is 351 g/mol. The summed E-state index contributed by atoms with van der Waals surface area (Å²) < 4.78 is 46.1. The number of aryl methyl sites for hydroxylation is 1. The minimum absolute atomic E-state index is 0.00726. The molecule has 0 radical (unpaired) electrons. The average molecular weight is 351 g/mol. The Kier molecular flexibility index (Phi) is 6.44. The number of carbonyl (C=O) groups excluding carboxylic acids is 1. The normalized spacial score (nSPS) is 10.8. The quantitative estimate of drug-likeness (QED) is 0.812. The van der Waals surface area contributed by atoms with Gasteiger partial charge < -0.3 is 10.1 Å². The first-order valence-electron chi connectivity index (χ1n) is 7.96. The van der Waals surface area contributed by atoms with Crippen LogP contribution in [0.15, 0.2) is 36.4 Å². The standard InChI is InChI=1S/C19H20F3NO2/c1-3-12-7-8-17(16(20)9-12)25-11-15-13(10-18(24)23-2)5-4-6-14(15)19(21)22/h4-9,19H,3,10-11H2,1-2H3,(H,23,24). The largest absolute Gasteiger partial charge is 0.486 e.